The second-order valence-corrected chi connectivity index (χ2v) is 9.83. The second-order valence-electron chi connectivity index (χ2n) is 7.90. The van der Waals surface area contributed by atoms with Crippen molar-refractivity contribution in [2.24, 2.45) is 5.92 Å². The number of rotatable bonds is 8. The number of aryl methyl sites for hydroxylation is 1. The fourth-order valence-corrected chi connectivity index (χ4v) is 5.23. The van der Waals surface area contributed by atoms with Crippen LogP contribution in [-0.2, 0) is 10.0 Å². The molecule has 2 N–H and O–H groups in total. The van der Waals surface area contributed by atoms with Crippen LogP contribution < -0.4 is 20.1 Å². The predicted molar refractivity (Wildman–Crippen MR) is 124 cm³/mol. The van der Waals surface area contributed by atoms with Crippen molar-refractivity contribution in [3.05, 3.63) is 48.0 Å². The van der Waals surface area contributed by atoms with Crippen molar-refractivity contribution in [3.63, 3.8) is 0 Å². The Balaban J connectivity index is 1.43. The van der Waals surface area contributed by atoms with E-state index in [1.807, 2.05) is 19.1 Å². The van der Waals surface area contributed by atoms with E-state index in [2.05, 4.69) is 10.6 Å². The smallest absolute Gasteiger partial charge is 0.319 e. The molecule has 8 nitrogen and oxygen atoms in total. The van der Waals surface area contributed by atoms with Crippen molar-refractivity contribution >= 4 is 21.7 Å². The third-order valence-corrected chi connectivity index (χ3v) is 7.64. The van der Waals surface area contributed by atoms with Crippen molar-refractivity contribution < 1.29 is 22.7 Å². The van der Waals surface area contributed by atoms with Crippen LogP contribution in [0.15, 0.2) is 47.4 Å². The maximum absolute atomic E-state index is 12.8. The van der Waals surface area contributed by atoms with E-state index >= 15 is 0 Å². The predicted octanol–water partition coefficient (Wildman–Crippen LogP) is 3.62. The van der Waals surface area contributed by atoms with Gasteiger partial charge in [-0.05, 0) is 56.4 Å². The van der Waals surface area contributed by atoms with Crippen LogP contribution in [0.4, 0.5) is 10.5 Å². The highest BCUT2D eigenvalue weighted by Gasteiger charge is 2.29. The zero-order valence-electron chi connectivity index (χ0n) is 18.8. The van der Waals surface area contributed by atoms with Crippen molar-refractivity contribution in [2.45, 2.75) is 31.1 Å². The molecule has 2 aromatic carbocycles. The number of nitrogens with zero attached hydrogens (tertiary/aromatic N) is 1. The molecule has 2 amide bonds. The Bertz CT molecular complexity index is 1020. The van der Waals surface area contributed by atoms with Crippen LogP contribution in [0.5, 0.6) is 11.5 Å². The molecule has 0 aromatic heterocycles. The van der Waals surface area contributed by atoms with Crippen LogP contribution in [0.3, 0.4) is 0 Å². The van der Waals surface area contributed by atoms with Gasteiger partial charge in [-0.25, -0.2) is 13.2 Å². The number of urea groups is 1. The maximum atomic E-state index is 12.8. The number of carbonyl (C=O) groups excluding carboxylic acids is 1. The molecule has 0 radical (unpaired) electrons. The van der Waals surface area contributed by atoms with E-state index in [0.29, 0.717) is 47.6 Å². The molecule has 1 aliphatic heterocycles. The Hall–Kier alpha value is -2.78. The summed E-state index contributed by atoms with van der Waals surface area (Å²) in [7, 11) is -0.352. The molecule has 0 atom stereocenters. The zero-order valence-corrected chi connectivity index (χ0v) is 19.6. The van der Waals surface area contributed by atoms with E-state index in [1.54, 1.807) is 41.7 Å². The number of piperidine rings is 1. The number of hydrogen-bond acceptors (Lipinski definition) is 5. The first-order chi connectivity index (χ1) is 15.3. The molecule has 1 saturated heterocycles. The van der Waals surface area contributed by atoms with Crippen LogP contribution >= 0.6 is 0 Å². The van der Waals surface area contributed by atoms with Gasteiger partial charge < -0.3 is 20.1 Å². The van der Waals surface area contributed by atoms with E-state index in [4.69, 9.17) is 9.47 Å². The first-order valence-corrected chi connectivity index (χ1v) is 12.1. The topological polar surface area (TPSA) is 97.0 Å². The summed E-state index contributed by atoms with van der Waals surface area (Å²) >= 11 is 0. The molecule has 9 heteroatoms. The van der Waals surface area contributed by atoms with Gasteiger partial charge in [0, 0.05) is 25.7 Å². The van der Waals surface area contributed by atoms with Gasteiger partial charge in [0.2, 0.25) is 10.0 Å². The third-order valence-electron chi connectivity index (χ3n) is 5.73. The molecule has 0 saturated carbocycles. The van der Waals surface area contributed by atoms with Crippen LogP contribution in [-0.4, -0.2) is 52.6 Å². The summed E-state index contributed by atoms with van der Waals surface area (Å²) in [5, 5.41) is 5.64. The lowest BCUT2D eigenvalue weighted by Gasteiger charge is -2.31. The van der Waals surface area contributed by atoms with Gasteiger partial charge in [-0.3, -0.25) is 0 Å². The van der Waals surface area contributed by atoms with Crippen molar-refractivity contribution in [3.8, 4) is 11.5 Å². The lowest BCUT2D eigenvalue weighted by atomic mass is 9.95. The van der Waals surface area contributed by atoms with E-state index in [0.717, 1.165) is 24.8 Å². The summed E-state index contributed by atoms with van der Waals surface area (Å²) < 4.78 is 37.6. The number of ether oxygens (including phenoxy) is 2. The fraction of sp³-hybridized carbons (Fsp3) is 0.435. The summed E-state index contributed by atoms with van der Waals surface area (Å²) in [6.07, 6.45) is 2.35. The molecule has 1 fully saturated rings. The molecule has 0 unspecified atom stereocenters. The molecule has 32 heavy (non-hydrogen) atoms. The highest BCUT2D eigenvalue weighted by atomic mass is 32.2. The highest BCUT2D eigenvalue weighted by Crippen LogP contribution is 2.29. The summed E-state index contributed by atoms with van der Waals surface area (Å²) in [6.45, 7) is 3.44. The number of methoxy groups -OCH3 is 2. The number of sulfonamides is 1. The fourth-order valence-electron chi connectivity index (χ4n) is 3.76. The Kier molecular flexibility index (Phi) is 7.98. The molecule has 0 spiro atoms. The Labute approximate surface area is 190 Å². The largest absolute Gasteiger partial charge is 0.497 e. The normalized spacial score (nSPS) is 15.2. The van der Waals surface area contributed by atoms with Crippen LogP contribution in [0.25, 0.3) is 0 Å². The summed E-state index contributed by atoms with van der Waals surface area (Å²) in [4.78, 5) is 12.6. The highest BCUT2D eigenvalue weighted by molar-refractivity contribution is 7.89. The van der Waals surface area contributed by atoms with E-state index in [1.165, 1.54) is 7.11 Å². The minimum absolute atomic E-state index is 0.312. The quantitative estimate of drug-likeness (QED) is 0.626. The minimum Gasteiger partial charge on any atom is -0.497 e. The van der Waals surface area contributed by atoms with Gasteiger partial charge in [0.1, 0.15) is 11.5 Å². The standard InChI is InChI=1S/C23H31N3O5S/c1-17-4-7-20(8-5-17)32(28,29)26-14-11-18(12-15-26)10-13-24-23(27)25-21-9-6-19(30-2)16-22(21)31-3/h4-9,16,18H,10-15H2,1-3H3,(H2,24,25,27). The van der Waals surface area contributed by atoms with Crippen LogP contribution in [0, 0.1) is 12.8 Å². The van der Waals surface area contributed by atoms with Gasteiger partial charge >= 0.3 is 6.03 Å². The molecule has 1 aliphatic rings. The minimum atomic E-state index is -3.45. The molecular weight excluding hydrogens is 430 g/mol. The number of hydrogen-bond donors (Lipinski definition) is 2. The number of amides is 2. The Morgan fingerprint density at radius 3 is 2.38 bits per heavy atom. The van der Waals surface area contributed by atoms with Crippen molar-refractivity contribution in [1.29, 1.82) is 0 Å². The summed E-state index contributed by atoms with van der Waals surface area (Å²) in [5.41, 5.74) is 1.59. The van der Waals surface area contributed by atoms with Gasteiger partial charge in [-0.15, -0.1) is 0 Å². The van der Waals surface area contributed by atoms with Gasteiger partial charge in [0.05, 0.1) is 24.8 Å². The summed E-state index contributed by atoms with van der Waals surface area (Å²) in [6, 6.07) is 11.8. The lowest BCUT2D eigenvalue weighted by molar-refractivity contribution is 0.245. The third kappa shape index (κ3) is 5.92. The first kappa shape index (κ1) is 23.9. The first-order valence-electron chi connectivity index (χ1n) is 10.7. The monoisotopic (exact) mass is 461 g/mol. The zero-order chi connectivity index (χ0) is 23.1. The number of anilines is 1. The Morgan fingerprint density at radius 2 is 1.75 bits per heavy atom. The number of benzene rings is 2. The van der Waals surface area contributed by atoms with Crippen molar-refractivity contribution in [2.75, 3.05) is 39.2 Å². The van der Waals surface area contributed by atoms with E-state index < -0.39 is 10.0 Å². The average molecular weight is 462 g/mol. The molecular formula is C23H31N3O5S. The van der Waals surface area contributed by atoms with Gasteiger partial charge in [-0.1, -0.05) is 17.7 Å². The molecule has 2 aromatic rings. The molecule has 1 heterocycles. The van der Waals surface area contributed by atoms with Gasteiger partial charge in [0.15, 0.2) is 0 Å². The number of nitrogens with one attached hydrogen (secondary N) is 2. The van der Waals surface area contributed by atoms with Gasteiger partial charge in [0.25, 0.3) is 0 Å². The second kappa shape index (κ2) is 10.7. The van der Waals surface area contributed by atoms with E-state index in [-0.39, 0.29) is 6.03 Å². The SMILES string of the molecule is COc1ccc(NC(=O)NCCC2CCN(S(=O)(=O)c3ccc(C)cc3)CC2)c(OC)c1. The maximum Gasteiger partial charge on any atom is 0.319 e. The average Bonchev–Trinajstić information content (AvgIpc) is 2.80. The van der Waals surface area contributed by atoms with Crippen LogP contribution in [0.1, 0.15) is 24.8 Å². The molecule has 174 valence electrons. The number of carbonyl (C=O) groups is 1. The summed E-state index contributed by atoms with van der Waals surface area (Å²) in [5.74, 6) is 1.53. The molecule has 0 bridgehead atoms. The van der Waals surface area contributed by atoms with Crippen LogP contribution in [0.2, 0.25) is 0 Å². The molecule has 0 aliphatic carbocycles. The lowest BCUT2D eigenvalue weighted by Crippen LogP contribution is -2.39. The van der Waals surface area contributed by atoms with Crippen molar-refractivity contribution in [1.82, 2.24) is 9.62 Å². The van der Waals surface area contributed by atoms with Gasteiger partial charge in [-0.2, -0.15) is 4.31 Å². The Morgan fingerprint density at radius 1 is 1.06 bits per heavy atom. The molecule has 3 rings (SSSR count). The van der Waals surface area contributed by atoms with E-state index in [9.17, 15) is 13.2 Å².